The first-order chi connectivity index (χ1) is 10.5. The van der Waals surface area contributed by atoms with Crippen LogP contribution in [-0.4, -0.2) is 45.1 Å². The molecule has 1 aliphatic heterocycles. The van der Waals surface area contributed by atoms with E-state index in [-0.39, 0.29) is 22.8 Å². The van der Waals surface area contributed by atoms with Crippen LogP contribution in [0.5, 0.6) is 5.75 Å². The number of nitrogens with zero attached hydrogens (tertiary/aromatic N) is 1. The summed E-state index contributed by atoms with van der Waals surface area (Å²) in [6, 6.07) is 3.63. The SMILES string of the molecule is COc1ccc(S(=O)(=O)N2CCOC3CCCCC32)cc1F. The largest absolute Gasteiger partial charge is 0.494 e. The fourth-order valence-electron chi connectivity index (χ4n) is 3.30. The predicted octanol–water partition coefficient (Wildman–Crippen LogP) is 2.17. The number of halogens is 1. The van der Waals surface area contributed by atoms with Crippen molar-refractivity contribution in [2.75, 3.05) is 20.3 Å². The molecule has 0 aromatic heterocycles. The molecule has 2 atom stereocenters. The number of morpholine rings is 1. The van der Waals surface area contributed by atoms with Crippen molar-refractivity contribution >= 4 is 10.0 Å². The minimum Gasteiger partial charge on any atom is -0.494 e. The number of methoxy groups -OCH3 is 1. The van der Waals surface area contributed by atoms with Crippen LogP contribution in [0.3, 0.4) is 0 Å². The van der Waals surface area contributed by atoms with Crippen LogP contribution in [0.2, 0.25) is 0 Å². The molecule has 2 aliphatic rings. The smallest absolute Gasteiger partial charge is 0.243 e. The monoisotopic (exact) mass is 329 g/mol. The van der Waals surface area contributed by atoms with Crippen molar-refractivity contribution in [3.63, 3.8) is 0 Å². The first-order valence-corrected chi connectivity index (χ1v) is 8.95. The van der Waals surface area contributed by atoms with E-state index in [2.05, 4.69) is 0 Å². The van der Waals surface area contributed by atoms with E-state index in [0.29, 0.717) is 13.2 Å². The highest BCUT2D eigenvalue weighted by molar-refractivity contribution is 7.89. The van der Waals surface area contributed by atoms with Crippen LogP contribution < -0.4 is 4.74 Å². The summed E-state index contributed by atoms with van der Waals surface area (Å²) in [5.74, 6) is -0.631. The molecule has 1 saturated carbocycles. The van der Waals surface area contributed by atoms with Gasteiger partial charge in [0.2, 0.25) is 10.0 Å². The molecule has 5 nitrogen and oxygen atoms in total. The second kappa shape index (κ2) is 6.14. The molecule has 0 radical (unpaired) electrons. The minimum absolute atomic E-state index is 0.0305. The van der Waals surface area contributed by atoms with Crippen molar-refractivity contribution in [3.05, 3.63) is 24.0 Å². The van der Waals surface area contributed by atoms with Gasteiger partial charge in [-0.1, -0.05) is 12.8 Å². The molecule has 1 saturated heterocycles. The highest BCUT2D eigenvalue weighted by Gasteiger charge is 2.41. The number of rotatable bonds is 3. The zero-order valence-corrected chi connectivity index (χ0v) is 13.3. The Morgan fingerprint density at radius 2 is 2.09 bits per heavy atom. The van der Waals surface area contributed by atoms with Crippen molar-refractivity contribution in [2.24, 2.45) is 0 Å². The van der Waals surface area contributed by atoms with Crippen molar-refractivity contribution in [2.45, 2.75) is 42.7 Å². The van der Waals surface area contributed by atoms with Gasteiger partial charge in [-0.3, -0.25) is 0 Å². The van der Waals surface area contributed by atoms with E-state index in [9.17, 15) is 12.8 Å². The van der Waals surface area contributed by atoms with Gasteiger partial charge in [0.1, 0.15) is 0 Å². The first-order valence-electron chi connectivity index (χ1n) is 7.51. The maximum absolute atomic E-state index is 13.8. The summed E-state index contributed by atoms with van der Waals surface area (Å²) in [7, 11) is -2.37. The summed E-state index contributed by atoms with van der Waals surface area (Å²) in [5, 5.41) is 0. The Morgan fingerprint density at radius 1 is 1.32 bits per heavy atom. The van der Waals surface area contributed by atoms with Gasteiger partial charge in [0.15, 0.2) is 11.6 Å². The molecule has 3 rings (SSSR count). The number of hydrogen-bond acceptors (Lipinski definition) is 4. The Hall–Kier alpha value is -1.18. The maximum atomic E-state index is 13.8. The van der Waals surface area contributed by atoms with Crippen LogP contribution in [0.1, 0.15) is 25.7 Å². The second-order valence-electron chi connectivity index (χ2n) is 5.67. The number of benzene rings is 1. The maximum Gasteiger partial charge on any atom is 0.243 e. The summed E-state index contributed by atoms with van der Waals surface area (Å²) >= 11 is 0. The van der Waals surface area contributed by atoms with Crippen LogP contribution in [0, 0.1) is 5.82 Å². The molecule has 22 heavy (non-hydrogen) atoms. The van der Waals surface area contributed by atoms with E-state index in [1.54, 1.807) is 0 Å². The van der Waals surface area contributed by atoms with Crippen molar-refractivity contribution in [1.29, 1.82) is 0 Å². The molecule has 122 valence electrons. The van der Waals surface area contributed by atoms with Gasteiger partial charge in [0.25, 0.3) is 0 Å². The lowest BCUT2D eigenvalue weighted by Crippen LogP contribution is -2.54. The van der Waals surface area contributed by atoms with Crippen LogP contribution in [0.25, 0.3) is 0 Å². The number of fused-ring (bicyclic) bond motifs is 1. The van der Waals surface area contributed by atoms with Gasteiger partial charge in [-0.15, -0.1) is 0 Å². The average molecular weight is 329 g/mol. The Kier molecular flexibility index (Phi) is 4.38. The summed E-state index contributed by atoms with van der Waals surface area (Å²) in [4.78, 5) is -0.0305. The van der Waals surface area contributed by atoms with Gasteiger partial charge in [-0.2, -0.15) is 4.31 Å². The highest BCUT2D eigenvalue weighted by atomic mass is 32.2. The molecular weight excluding hydrogens is 309 g/mol. The van der Waals surface area contributed by atoms with E-state index in [1.807, 2.05) is 0 Å². The summed E-state index contributed by atoms with van der Waals surface area (Å²) < 4.78 is 51.6. The van der Waals surface area contributed by atoms with Gasteiger partial charge in [0.05, 0.1) is 30.8 Å². The summed E-state index contributed by atoms with van der Waals surface area (Å²) in [6.07, 6.45) is 3.69. The molecule has 1 aromatic carbocycles. The Balaban J connectivity index is 1.92. The first kappa shape index (κ1) is 15.7. The topological polar surface area (TPSA) is 55.8 Å². The van der Waals surface area contributed by atoms with Crippen LogP contribution in [0.4, 0.5) is 4.39 Å². The van der Waals surface area contributed by atoms with Gasteiger partial charge in [-0.25, -0.2) is 12.8 Å². The Bertz CT molecular complexity index is 647. The number of hydrogen-bond donors (Lipinski definition) is 0. The number of sulfonamides is 1. The van der Waals surface area contributed by atoms with E-state index >= 15 is 0 Å². The lowest BCUT2D eigenvalue weighted by molar-refractivity contribution is -0.0586. The molecule has 2 fully saturated rings. The standard InChI is InChI=1S/C15H20FNO4S/c1-20-14-7-6-11(10-12(14)16)22(18,19)17-8-9-21-15-5-3-2-4-13(15)17/h6-7,10,13,15H,2-5,8-9H2,1H3. The number of ether oxygens (including phenoxy) is 2. The normalized spacial score (nSPS) is 26.5. The third-order valence-electron chi connectivity index (χ3n) is 4.41. The van der Waals surface area contributed by atoms with Crippen LogP contribution in [0.15, 0.2) is 23.1 Å². The fourth-order valence-corrected chi connectivity index (χ4v) is 4.98. The highest BCUT2D eigenvalue weighted by Crippen LogP contribution is 2.33. The molecule has 1 heterocycles. The van der Waals surface area contributed by atoms with Crippen LogP contribution in [-0.2, 0) is 14.8 Å². The molecular formula is C15H20FNO4S. The molecule has 0 spiro atoms. The van der Waals surface area contributed by atoms with Gasteiger partial charge >= 0.3 is 0 Å². The lowest BCUT2D eigenvalue weighted by Gasteiger charge is -2.42. The Morgan fingerprint density at radius 3 is 2.82 bits per heavy atom. The van der Waals surface area contributed by atoms with Gasteiger partial charge in [-0.05, 0) is 31.0 Å². The van der Waals surface area contributed by atoms with Gasteiger partial charge in [0, 0.05) is 6.54 Å². The zero-order chi connectivity index (χ0) is 15.7. The minimum atomic E-state index is -3.72. The van der Waals surface area contributed by atoms with E-state index in [4.69, 9.17) is 9.47 Å². The predicted molar refractivity (Wildman–Crippen MR) is 78.8 cm³/mol. The molecule has 1 aliphatic carbocycles. The average Bonchev–Trinajstić information content (AvgIpc) is 2.54. The molecule has 2 unspecified atom stereocenters. The van der Waals surface area contributed by atoms with E-state index in [0.717, 1.165) is 31.7 Å². The molecule has 0 amide bonds. The Labute approximate surface area is 130 Å². The van der Waals surface area contributed by atoms with E-state index in [1.165, 1.54) is 23.5 Å². The van der Waals surface area contributed by atoms with Gasteiger partial charge < -0.3 is 9.47 Å². The third-order valence-corrected chi connectivity index (χ3v) is 6.33. The molecule has 7 heteroatoms. The molecule has 1 aromatic rings. The van der Waals surface area contributed by atoms with Crippen molar-refractivity contribution < 1.29 is 22.3 Å². The molecule has 0 N–H and O–H groups in total. The molecule has 0 bridgehead atoms. The third kappa shape index (κ3) is 2.73. The lowest BCUT2D eigenvalue weighted by atomic mass is 9.91. The fraction of sp³-hybridized carbons (Fsp3) is 0.600. The van der Waals surface area contributed by atoms with Crippen molar-refractivity contribution in [3.8, 4) is 5.75 Å². The quantitative estimate of drug-likeness (QED) is 0.853. The zero-order valence-electron chi connectivity index (χ0n) is 12.5. The summed E-state index contributed by atoms with van der Waals surface area (Å²) in [5.41, 5.74) is 0. The van der Waals surface area contributed by atoms with E-state index < -0.39 is 15.8 Å². The summed E-state index contributed by atoms with van der Waals surface area (Å²) in [6.45, 7) is 0.705. The van der Waals surface area contributed by atoms with Crippen molar-refractivity contribution in [1.82, 2.24) is 4.31 Å². The second-order valence-corrected chi connectivity index (χ2v) is 7.56. The van der Waals surface area contributed by atoms with Crippen LogP contribution >= 0.6 is 0 Å².